The van der Waals surface area contributed by atoms with Gasteiger partial charge in [-0.2, -0.15) is 0 Å². The first-order valence-corrected chi connectivity index (χ1v) is 6.77. The predicted octanol–water partition coefficient (Wildman–Crippen LogP) is 2.73. The molecule has 1 heterocycles. The molecule has 18 heavy (non-hydrogen) atoms. The van der Waals surface area contributed by atoms with Crippen molar-refractivity contribution in [1.29, 1.82) is 0 Å². The van der Waals surface area contributed by atoms with Crippen LogP contribution in [0.3, 0.4) is 0 Å². The van der Waals surface area contributed by atoms with Crippen molar-refractivity contribution in [2.24, 2.45) is 5.16 Å². The van der Waals surface area contributed by atoms with Crippen LogP contribution in [0.1, 0.15) is 25.8 Å². The van der Waals surface area contributed by atoms with Crippen LogP contribution >= 0.6 is 0 Å². The highest BCUT2D eigenvalue weighted by Crippen LogP contribution is 2.27. The fraction of sp³-hybridized carbons (Fsp3) is 0.417. The third-order valence-corrected chi connectivity index (χ3v) is 3.87. The van der Waals surface area contributed by atoms with E-state index in [9.17, 15) is 13.3 Å². The van der Waals surface area contributed by atoms with Gasteiger partial charge in [0, 0.05) is 11.2 Å². The van der Waals surface area contributed by atoms with Gasteiger partial charge in [0.1, 0.15) is 23.0 Å². The van der Waals surface area contributed by atoms with Crippen molar-refractivity contribution in [3.8, 4) is 0 Å². The van der Waals surface area contributed by atoms with Gasteiger partial charge in [0.25, 0.3) is 5.04 Å². The Labute approximate surface area is 107 Å². The standard InChI is InChI=1S/C12H13F2NO2S/c1-12(2)6-11(15-17-12)18(16)7-8-9(13)4-3-5-10(8)14/h3-5H,6-7H2,1-2H3/t18-/m1/s1. The molecule has 0 spiro atoms. The van der Waals surface area contributed by atoms with Crippen LogP contribution in [0, 0.1) is 11.6 Å². The van der Waals surface area contributed by atoms with E-state index in [2.05, 4.69) is 5.16 Å². The molecule has 1 atom stereocenters. The summed E-state index contributed by atoms with van der Waals surface area (Å²) >= 11 is -1.57. The first-order chi connectivity index (χ1) is 8.39. The Morgan fingerprint density at radius 2 is 2.00 bits per heavy atom. The van der Waals surface area contributed by atoms with E-state index >= 15 is 0 Å². The molecule has 1 aliphatic rings. The van der Waals surface area contributed by atoms with Crippen molar-refractivity contribution < 1.29 is 18.2 Å². The van der Waals surface area contributed by atoms with Crippen LogP contribution < -0.4 is 0 Å². The first kappa shape index (κ1) is 13.3. The summed E-state index contributed by atoms with van der Waals surface area (Å²) in [5, 5.41) is 4.05. The molecule has 1 aliphatic heterocycles. The smallest absolute Gasteiger partial charge is 0.259 e. The summed E-state index contributed by atoms with van der Waals surface area (Å²) in [5.41, 5.74) is -0.679. The molecule has 1 aromatic carbocycles. The quantitative estimate of drug-likeness (QED) is 0.778. The second-order valence-electron chi connectivity index (χ2n) is 4.70. The maximum atomic E-state index is 13.4. The largest absolute Gasteiger partial charge is 0.610 e. The second-order valence-corrected chi connectivity index (χ2v) is 6.15. The van der Waals surface area contributed by atoms with E-state index in [0.29, 0.717) is 11.5 Å². The van der Waals surface area contributed by atoms with Gasteiger partial charge in [-0.25, -0.2) is 8.78 Å². The number of hydrogen-bond acceptors (Lipinski definition) is 3. The number of hydrogen-bond donors (Lipinski definition) is 0. The van der Waals surface area contributed by atoms with Gasteiger partial charge in [0.05, 0.1) is 12.0 Å². The van der Waals surface area contributed by atoms with Crippen LogP contribution in [-0.4, -0.2) is 15.2 Å². The van der Waals surface area contributed by atoms with Gasteiger partial charge in [0.15, 0.2) is 0 Å². The molecular formula is C12H13F2NO2S. The molecule has 0 N–H and O–H groups in total. The predicted molar refractivity (Wildman–Crippen MR) is 65.4 cm³/mol. The molecule has 1 aromatic rings. The minimum Gasteiger partial charge on any atom is -0.610 e. The fourth-order valence-corrected chi connectivity index (χ4v) is 2.94. The molecule has 0 saturated carbocycles. The van der Waals surface area contributed by atoms with E-state index in [1.54, 1.807) is 0 Å². The lowest BCUT2D eigenvalue weighted by molar-refractivity contribution is 0.0123. The van der Waals surface area contributed by atoms with Gasteiger partial charge < -0.3 is 9.39 Å². The highest BCUT2D eigenvalue weighted by Gasteiger charge is 2.36. The molecule has 0 aromatic heterocycles. The Hall–Kier alpha value is -1.14. The highest BCUT2D eigenvalue weighted by molar-refractivity contribution is 8.05. The van der Waals surface area contributed by atoms with Crippen molar-refractivity contribution in [2.75, 3.05) is 0 Å². The number of benzene rings is 1. The zero-order chi connectivity index (χ0) is 13.3. The van der Waals surface area contributed by atoms with Gasteiger partial charge in [-0.15, -0.1) is 0 Å². The van der Waals surface area contributed by atoms with Crippen molar-refractivity contribution >= 4 is 16.2 Å². The lowest BCUT2D eigenvalue weighted by atomic mass is 10.1. The number of rotatable bonds is 2. The summed E-state index contributed by atoms with van der Waals surface area (Å²) in [6, 6.07) is 3.56. The number of oxime groups is 1. The first-order valence-electron chi connectivity index (χ1n) is 5.45. The van der Waals surface area contributed by atoms with E-state index in [1.807, 2.05) is 13.8 Å². The Morgan fingerprint density at radius 1 is 1.39 bits per heavy atom. The Kier molecular flexibility index (Phi) is 3.59. The van der Waals surface area contributed by atoms with Gasteiger partial charge in [-0.3, -0.25) is 0 Å². The molecule has 98 valence electrons. The molecule has 6 heteroatoms. The second kappa shape index (κ2) is 4.85. The molecule has 0 saturated heterocycles. The summed E-state index contributed by atoms with van der Waals surface area (Å²) in [5.74, 6) is -1.61. The summed E-state index contributed by atoms with van der Waals surface area (Å²) in [7, 11) is 0. The zero-order valence-corrected chi connectivity index (χ0v) is 10.9. The molecule has 0 unspecified atom stereocenters. The molecule has 0 bridgehead atoms. The van der Waals surface area contributed by atoms with Crippen LogP contribution in [0.25, 0.3) is 0 Å². The molecule has 0 aliphatic carbocycles. The summed E-state index contributed by atoms with van der Waals surface area (Å²) < 4.78 is 38.8. The van der Waals surface area contributed by atoms with Crippen molar-refractivity contribution in [3.63, 3.8) is 0 Å². The molecule has 3 nitrogen and oxygen atoms in total. The van der Waals surface area contributed by atoms with E-state index < -0.39 is 28.4 Å². The van der Waals surface area contributed by atoms with E-state index in [4.69, 9.17) is 4.84 Å². The molecule has 0 amide bonds. The third kappa shape index (κ3) is 2.81. The topological polar surface area (TPSA) is 44.7 Å². The van der Waals surface area contributed by atoms with Crippen molar-refractivity contribution in [3.05, 3.63) is 35.4 Å². The number of halogens is 2. The SMILES string of the molecule is CC1(C)CC([S@+]([O-])Cc2c(F)cccc2F)=NO1. The minimum absolute atomic E-state index is 0.178. The Morgan fingerprint density at radius 3 is 2.50 bits per heavy atom. The number of nitrogens with zero attached hydrogens (tertiary/aromatic N) is 1. The van der Waals surface area contributed by atoms with Crippen LogP contribution in [0.5, 0.6) is 0 Å². The summed E-state index contributed by atoms with van der Waals surface area (Å²) in [6.07, 6.45) is 0.398. The monoisotopic (exact) mass is 273 g/mol. The summed E-state index contributed by atoms with van der Waals surface area (Å²) in [6.45, 7) is 3.62. The van der Waals surface area contributed by atoms with Crippen LogP contribution in [-0.2, 0) is 21.8 Å². The van der Waals surface area contributed by atoms with E-state index in [0.717, 1.165) is 12.1 Å². The molecule has 2 rings (SSSR count). The van der Waals surface area contributed by atoms with Crippen LogP contribution in [0.15, 0.2) is 23.4 Å². The normalized spacial score (nSPS) is 19.3. The van der Waals surface area contributed by atoms with E-state index in [1.165, 1.54) is 6.07 Å². The Bertz CT molecular complexity index is 471. The summed E-state index contributed by atoms with van der Waals surface area (Å²) in [4.78, 5) is 5.08. The Balaban J connectivity index is 2.11. The van der Waals surface area contributed by atoms with Gasteiger partial charge in [-0.05, 0) is 31.1 Å². The third-order valence-electron chi connectivity index (χ3n) is 2.57. The average Bonchev–Trinajstić information content (AvgIpc) is 2.64. The molecule has 0 radical (unpaired) electrons. The van der Waals surface area contributed by atoms with Gasteiger partial charge in [0.2, 0.25) is 0 Å². The average molecular weight is 273 g/mol. The lowest BCUT2D eigenvalue weighted by Crippen LogP contribution is -2.23. The van der Waals surface area contributed by atoms with Crippen molar-refractivity contribution in [1.82, 2.24) is 0 Å². The van der Waals surface area contributed by atoms with Crippen LogP contribution in [0.4, 0.5) is 8.78 Å². The molecule has 0 fully saturated rings. The van der Waals surface area contributed by atoms with Gasteiger partial charge >= 0.3 is 0 Å². The maximum absolute atomic E-state index is 13.4. The molecular weight excluding hydrogens is 260 g/mol. The lowest BCUT2D eigenvalue weighted by Gasteiger charge is -2.14. The van der Waals surface area contributed by atoms with Crippen molar-refractivity contribution in [2.45, 2.75) is 31.6 Å². The van der Waals surface area contributed by atoms with E-state index in [-0.39, 0.29) is 11.3 Å². The van der Waals surface area contributed by atoms with Gasteiger partial charge in [-0.1, -0.05) is 6.07 Å². The maximum Gasteiger partial charge on any atom is 0.259 e. The highest BCUT2D eigenvalue weighted by atomic mass is 32.2. The van der Waals surface area contributed by atoms with Crippen LogP contribution in [0.2, 0.25) is 0 Å². The fourth-order valence-electron chi connectivity index (χ4n) is 1.61. The minimum atomic E-state index is -1.57. The zero-order valence-electron chi connectivity index (χ0n) is 10.1.